The third-order valence-corrected chi connectivity index (χ3v) is 5.04. The van der Waals surface area contributed by atoms with Crippen LogP contribution in [0, 0.1) is 0 Å². The molecule has 1 aromatic rings. The molecule has 0 radical (unpaired) electrons. The molecule has 11 nitrogen and oxygen atoms in total. The monoisotopic (exact) mass is 464 g/mol. The Labute approximate surface area is 192 Å². The van der Waals surface area contributed by atoms with Crippen molar-refractivity contribution < 1.29 is 34.2 Å². The number of rotatable bonds is 14. The lowest BCUT2D eigenvalue weighted by Gasteiger charge is -2.31. The molecule has 182 valence electrons. The molecule has 0 saturated heterocycles. The van der Waals surface area contributed by atoms with Gasteiger partial charge >= 0.3 is 11.9 Å². The zero-order chi connectivity index (χ0) is 25.0. The molecule has 0 fully saturated rings. The van der Waals surface area contributed by atoms with Crippen LogP contribution in [0.25, 0.3) is 0 Å². The van der Waals surface area contributed by atoms with Crippen molar-refractivity contribution in [3.05, 3.63) is 35.9 Å². The number of hydrogen-bond donors (Lipinski definition) is 5. The number of benzene rings is 1. The minimum Gasteiger partial charge on any atom is -0.481 e. The predicted octanol–water partition coefficient (Wildman–Crippen LogP) is -0.266. The summed E-state index contributed by atoms with van der Waals surface area (Å²) in [5.74, 6) is -4.76. The minimum absolute atomic E-state index is 0.161. The molecule has 3 atom stereocenters. The zero-order valence-electron chi connectivity index (χ0n) is 18.8. The molecule has 33 heavy (non-hydrogen) atoms. The first-order valence-corrected chi connectivity index (χ1v) is 10.7. The molecule has 11 heteroatoms. The average Bonchev–Trinajstić information content (AvgIpc) is 2.77. The van der Waals surface area contributed by atoms with Crippen LogP contribution in [0.1, 0.15) is 38.2 Å². The highest BCUT2D eigenvalue weighted by atomic mass is 16.4. The second-order valence-electron chi connectivity index (χ2n) is 7.62. The van der Waals surface area contributed by atoms with Gasteiger partial charge in [0.25, 0.3) is 0 Å². The largest absolute Gasteiger partial charge is 0.481 e. The van der Waals surface area contributed by atoms with Crippen LogP contribution in [-0.2, 0) is 30.4 Å². The Kier molecular flexibility index (Phi) is 11.6. The molecule has 0 bridgehead atoms. The van der Waals surface area contributed by atoms with Crippen LogP contribution in [-0.4, -0.2) is 76.5 Å². The van der Waals surface area contributed by atoms with Gasteiger partial charge in [-0.2, -0.15) is 0 Å². The molecule has 0 unspecified atom stereocenters. The van der Waals surface area contributed by atoms with Gasteiger partial charge in [-0.3, -0.25) is 19.2 Å². The number of carbonyl (C=O) groups is 5. The van der Waals surface area contributed by atoms with Crippen molar-refractivity contribution in [1.29, 1.82) is 0 Å². The molecule has 3 amide bonds. The summed E-state index contributed by atoms with van der Waals surface area (Å²) in [7, 11) is 1.39. The Morgan fingerprint density at radius 2 is 1.67 bits per heavy atom. The van der Waals surface area contributed by atoms with Gasteiger partial charge in [-0.25, -0.2) is 4.79 Å². The Bertz CT molecular complexity index is 831. The Hall–Kier alpha value is -3.47. The van der Waals surface area contributed by atoms with Crippen molar-refractivity contribution in [3.63, 3.8) is 0 Å². The summed E-state index contributed by atoms with van der Waals surface area (Å²) in [6, 6.07) is 5.28. The van der Waals surface area contributed by atoms with Gasteiger partial charge in [-0.05, 0) is 12.0 Å². The van der Waals surface area contributed by atoms with E-state index in [2.05, 4.69) is 10.6 Å². The number of aliphatic carboxylic acids is 2. The summed E-state index contributed by atoms with van der Waals surface area (Å²) in [6.45, 7) is 1.57. The summed E-state index contributed by atoms with van der Waals surface area (Å²) in [4.78, 5) is 61.6. The highest BCUT2D eigenvalue weighted by molar-refractivity contribution is 5.94. The normalized spacial score (nSPS) is 13.3. The van der Waals surface area contributed by atoms with Gasteiger partial charge in [-0.15, -0.1) is 0 Å². The van der Waals surface area contributed by atoms with E-state index in [1.54, 1.807) is 24.3 Å². The fourth-order valence-electron chi connectivity index (χ4n) is 3.24. The number of carboxylic acid groups (broad SMARTS) is 2. The van der Waals surface area contributed by atoms with E-state index in [1.165, 1.54) is 7.05 Å². The predicted molar refractivity (Wildman–Crippen MR) is 119 cm³/mol. The number of unbranched alkanes of at least 4 members (excludes halogenated alkanes) is 1. The molecule has 0 aliphatic heterocycles. The van der Waals surface area contributed by atoms with E-state index in [4.69, 9.17) is 10.8 Å². The minimum atomic E-state index is -1.64. The van der Waals surface area contributed by atoms with Crippen LogP contribution in [0.5, 0.6) is 0 Å². The maximum absolute atomic E-state index is 13.3. The molecule has 1 rings (SSSR count). The average molecular weight is 465 g/mol. The van der Waals surface area contributed by atoms with Gasteiger partial charge in [0.2, 0.25) is 17.7 Å². The molecule has 0 aliphatic rings. The first-order chi connectivity index (χ1) is 15.6. The number of carbonyl (C=O) groups excluding carboxylic acids is 3. The second-order valence-corrected chi connectivity index (χ2v) is 7.62. The van der Waals surface area contributed by atoms with Gasteiger partial charge in [0.15, 0.2) is 0 Å². The molecule has 6 N–H and O–H groups in total. The molecule has 0 saturated carbocycles. The van der Waals surface area contributed by atoms with E-state index >= 15 is 0 Å². The van der Waals surface area contributed by atoms with Gasteiger partial charge in [0.1, 0.15) is 18.1 Å². The molecule has 0 aromatic heterocycles. The zero-order valence-corrected chi connectivity index (χ0v) is 18.8. The highest BCUT2D eigenvalue weighted by Gasteiger charge is 2.34. The van der Waals surface area contributed by atoms with E-state index in [0.717, 1.165) is 10.5 Å². The first-order valence-electron chi connectivity index (χ1n) is 10.7. The fraction of sp³-hybridized carbons (Fsp3) is 0.500. The molecule has 1 aromatic carbocycles. The fourth-order valence-corrected chi connectivity index (χ4v) is 3.24. The quantitative estimate of drug-likeness (QED) is 0.250. The van der Waals surface area contributed by atoms with Crippen LogP contribution in [0.3, 0.4) is 0 Å². The third kappa shape index (κ3) is 9.27. The van der Waals surface area contributed by atoms with Gasteiger partial charge in [-0.1, -0.05) is 50.1 Å². The summed E-state index contributed by atoms with van der Waals surface area (Å²) in [5.41, 5.74) is 6.16. The van der Waals surface area contributed by atoms with Crippen molar-refractivity contribution in [2.45, 2.75) is 57.2 Å². The van der Waals surface area contributed by atoms with Crippen LogP contribution in [0.15, 0.2) is 30.3 Å². The SMILES string of the molecule is CCCC[C@@H](C(=O)N[C@@H](CC(=O)O)C(=O)O)N(C)C(=O)[C@@H](Cc1ccccc1)NC(=O)CN. The van der Waals surface area contributed by atoms with E-state index in [1.807, 2.05) is 13.0 Å². The summed E-state index contributed by atoms with van der Waals surface area (Å²) < 4.78 is 0. The molecule has 0 spiro atoms. The maximum atomic E-state index is 13.3. The van der Waals surface area contributed by atoms with E-state index in [-0.39, 0.29) is 19.4 Å². The van der Waals surface area contributed by atoms with E-state index < -0.39 is 54.2 Å². The van der Waals surface area contributed by atoms with Gasteiger partial charge in [0, 0.05) is 13.5 Å². The lowest BCUT2D eigenvalue weighted by molar-refractivity contribution is -0.148. The number of likely N-dealkylation sites (N-methyl/N-ethyl adjacent to an activating group) is 1. The number of nitrogens with one attached hydrogen (secondary N) is 2. The Morgan fingerprint density at radius 1 is 1.03 bits per heavy atom. The van der Waals surface area contributed by atoms with Crippen molar-refractivity contribution in [3.8, 4) is 0 Å². The first kappa shape index (κ1) is 27.6. The second kappa shape index (κ2) is 13.8. The van der Waals surface area contributed by atoms with Gasteiger partial charge in [0.05, 0.1) is 13.0 Å². The van der Waals surface area contributed by atoms with Crippen LogP contribution >= 0.6 is 0 Å². The van der Waals surface area contributed by atoms with E-state index in [0.29, 0.717) is 12.8 Å². The van der Waals surface area contributed by atoms with E-state index in [9.17, 15) is 29.1 Å². The lowest BCUT2D eigenvalue weighted by Crippen LogP contribution is -2.57. The molecule has 0 aliphatic carbocycles. The third-order valence-electron chi connectivity index (χ3n) is 5.04. The summed E-state index contributed by atoms with van der Waals surface area (Å²) in [6.07, 6.45) is 0.857. The Morgan fingerprint density at radius 3 is 2.18 bits per heavy atom. The van der Waals surface area contributed by atoms with Crippen LogP contribution < -0.4 is 16.4 Å². The number of carboxylic acids is 2. The van der Waals surface area contributed by atoms with Crippen molar-refractivity contribution >= 4 is 29.7 Å². The summed E-state index contributed by atoms with van der Waals surface area (Å²) >= 11 is 0. The summed E-state index contributed by atoms with van der Waals surface area (Å²) in [5, 5.41) is 22.9. The van der Waals surface area contributed by atoms with Crippen molar-refractivity contribution in [2.75, 3.05) is 13.6 Å². The number of amides is 3. The van der Waals surface area contributed by atoms with Gasteiger partial charge < -0.3 is 31.5 Å². The molecule has 0 heterocycles. The maximum Gasteiger partial charge on any atom is 0.326 e. The number of nitrogens with zero attached hydrogens (tertiary/aromatic N) is 1. The lowest BCUT2D eigenvalue weighted by atomic mass is 10.0. The molecular formula is C22H32N4O7. The standard InChI is InChI=1S/C22H32N4O7/c1-3-4-10-17(20(30)25-16(22(32)33)12-19(28)29)26(2)21(31)15(24-18(27)13-23)11-14-8-6-5-7-9-14/h5-9,15-17H,3-4,10-13,23H2,1-2H3,(H,24,27)(H,25,30)(H,28,29)(H,32,33)/t15-,16+,17+/m1/s1. The van der Waals surface area contributed by atoms with Crippen molar-refractivity contribution in [2.24, 2.45) is 5.73 Å². The highest BCUT2D eigenvalue weighted by Crippen LogP contribution is 2.13. The van der Waals surface area contributed by atoms with Crippen LogP contribution in [0.2, 0.25) is 0 Å². The smallest absolute Gasteiger partial charge is 0.326 e. The Balaban J connectivity index is 3.12. The molecular weight excluding hydrogens is 432 g/mol. The van der Waals surface area contributed by atoms with Crippen molar-refractivity contribution in [1.82, 2.24) is 15.5 Å². The van der Waals surface area contributed by atoms with Crippen LogP contribution in [0.4, 0.5) is 0 Å². The number of nitrogens with two attached hydrogens (primary N) is 1. The topological polar surface area (TPSA) is 179 Å². The number of hydrogen-bond acceptors (Lipinski definition) is 6.